The molecule has 0 N–H and O–H groups in total. The predicted molar refractivity (Wildman–Crippen MR) is 61.4 cm³/mol. The largest absolute Gasteiger partial charge is 0.494 e. The van der Waals surface area contributed by atoms with Crippen LogP contribution in [0.1, 0.15) is 41.5 Å². The third kappa shape index (κ3) is 7.30. The van der Waals surface area contributed by atoms with Crippen LogP contribution in [0.4, 0.5) is 0 Å². The molecule has 0 saturated carbocycles. The van der Waals surface area contributed by atoms with Gasteiger partial charge in [0.1, 0.15) is 15.6 Å². The molecule has 0 rings (SSSR count). The zero-order valence-electron chi connectivity index (χ0n) is 10.5. The first kappa shape index (κ1) is 14.4. The molecule has 0 atom stereocenters. The van der Waals surface area contributed by atoms with Gasteiger partial charge in [0.25, 0.3) is 0 Å². The van der Waals surface area contributed by atoms with E-state index in [9.17, 15) is 0 Å². The van der Waals surface area contributed by atoms with Crippen LogP contribution in [0.3, 0.4) is 0 Å². The second kappa shape index (κ2) is 6.77. The van der Waals surface area contributed by atoms with Gasteiger partial charge >= 0.3 is 5.95 Å². The highest BCUT2D eigenvalue weighted by Gasteiger charge is 2.12. The summed E-state index contributed by atoms with van der Waals surface area (Å²) < 4.78 is 16.5. The maximum Gasteiger partial charge on any atom is 0.313 e. The molecule has 0 spiro atoms. The van der Waals surface area contributed by atoms with E-state index in [1.54, 1.807) is 0 Å². The van der Waals surface area contributed by atoms with Gasteiger partial charge in [-0.2, -0.15) is 0 Å². The van der Waals surface area contributed by atoms with Gasteiger partial charge in [-0.05, 0) is 41.5 Å². The zero-order chi connectivity index (χ0) is 12.0. The van der Waals surface area contributed by atoms with E-state index in [0.29, 0.717) is 11.3 Å². The highest BCUT2D eigenvalue weighted by Crippen LogP contribution is 2.13. The third-order valence-electron chi connectivity index (χ3n) is 1.22. The monoisotopic (exact) mass is 229 g/mol. The summed E-state index contributed by atoms with van der Waals surface area (Å²) in [5.74, 6) is 0.408. The summed E-state index contributed by atoms with van der Waals surface area (Å²) in [4.78, 5) is 0. The van der Waals surface area contributed by atoms with Crippen LogP contribution in [0, 0.1) is 0 Å². The van der Waals surface area contributed by atoms with Crippen molar-refractivity contribution in [1.82, 2.24) is 0 Å². The van der Waals surface area contributed by atoms with Crippen molar-refractivity contribution in [2.45, 2.75) is 59.9 Å². The molecule has 0 amide bonds. The quantitative estimate of drug-likeness (QED) is 0.517. The average Bonchev–Trinajstić information content (AvgIpc) is 1.99. The molecule has 0 aromatic carbocycles. The van der Waals surface area contributed by atoms with E-state index in [4.69, 9.17) is 14.2 Å². The topological polar surface area (TPSA) is 27.7 Å². The summed E-state index contributed by atoms with van der Waals surface area (Å²) in [6.45, 7) is 11.7. The van der Waals surface area contributed by atoms with Crippen molar-refractivity contribution < 1.29 is 14.2 Å². The van der Waals surface area contributed by atoms with Crippen molar-refractivity contribution in [3.05, 3.63) is 11.3 Å². The van der Waals surface area contributed by atoms with E-state index in [1.165, 1.54) is 0 Å². The van der Waals surface area contributed by atoms with Gasteiger partial charge in [-0.3, -0.25) is 0 Å². The lowest BCUT2D eigenvalue weighted by molar-refractivity contribution is -0.0331. The zero-order valence-corrected chi connectivity index (χ0v) is 11.5. The minimum atomic E-state index is 0.0564. The number of rotatable bonds is 6. The molecule has 0 aromatic heterocycles. The van der Waals surface area contributed by atoms with Crippen LogP contribution in [-0.2, 0) is 14.2 Å². The standard InChI is InChI=1S/C11H21O3Si/c1-7(2)12-10(13-8(3)4)11(15)14-9(5)6/h7-9H,1-6H3. The minimum absolute atomic E-state index is 0.0564. The van der Waals surface area contributed by atoms with E-state index in [0.717, 1.165) is 0 Å². The molecule has 15 heavy (non-hydrogen) atoms. The highest BCUT2D eigenvalue weighted by molar-refractivity contribution is 6.20. The first-order chi connectivity index (χ1) is 6.82. The first-order valence-electron chi connectivity index (χ1n) is 5.28. The number of hydrogen-bond donors (Lipinski definition) is 0. The molecule has 0 aromatic rings. The molecule has 3 nitrogen and oxygen atoms in total. The van der Waals surface area contributed by atoms with Gasteiger partial charge in [0.2, 0.25) is 0 Å². The van der Waals surface area contributed by atoms with E-state index in [2.05, 4.69) is 10.2 Å². The number of ether oxygens (including phenoxy) is 3. The molecule has 0 aliphatic rings. The van der Waals surface area contributed by atoms with E-state index in [1.807, 2.05) is 41.5 Å². The van der Waals surface area contributed by atoms with Gasteiger partial charge in [-0.1, -0.05) is 0 Å². The van der Waals surface area contributed by atoms with Gasteiger partial charge in [-0.25, -0.2) is 0 Å². The summed E-state index contributed by atoms with van der Waals surface area (Å²) >= 11 is 0. The van der Waals surface area contributed by atoms with Crippen molar-refractivity contribution in [2.24, 2.45) is 0 Å². The van der Waals surface area contributed by atoms with Crippen LogP contribution < -0.4 is 0 Å². The molecule has 0 bridgehead atoms. The molecule has 87 valence electrons. The Morgan fingerprint density at radius 1 is 0.733 bits per heavy atom. The molecular weight excluding hydrogens is 208 g/mol. The SMILES string of the molecule is CC(C)OC([Si])=C(OC(C)C)OC(C)C. The summed E-state index contributed by atoms with van der Waals surface area (Å²) in [7, 11) is 3.36. The van der Waals surface area contributed by atoms with Crippen molar-refractivity contribution >= 4 is 10.2 Å². The third-order valence-corrected chi connectivity index (χ3v) is 1.55. The fourth-order valence-electron chi connectivity index (χ4n) is 0.847. The fraction of sp³-hybridized carbons (Fsp3) is 0.818. The van der Waals surface area contributed by atoms with Gasteiger partial charge in [0.05, 0.1) is 18.3 Å². The van der Waals surface area contributed by atoms with Crippen LogP contribution in [0.5, 0.6) is 0 Å². The second-order valence-electron chi connectivity index (χ2n) is 4.12. The summed E-state index contributed by atoms with van der Waals surface area (Å²) in [6, 6.07) is 0. The Kier molecular flexibility index (Phi) is 6.48. The summed E-state index contributed by atoms with van der Waals surface area (Å²) in [5, 5.41) is 0.507. The van der Waals surface area contributed by atoms with E-state index >= 15 is 0 Å². The molecule has 0 saturated heterocycles. The Balaban J connectivity index is 4.56. The van der Waals surface area contributed by atoms with Crippen LogP contribution in [0.25, 0.3) is 0 Å². The summed E-state index contributed by atoms with van der Waals surface area (Å²) in [6.07, 6.45) is 0.195. The van der Waals surface area contributed by atoms with Crippen molar-refractivity contribution in [1.29, 1.82) is 0 Å². The maximum absolute atomic E-state index is 5.51. The molecule has 0 unspecified atom stereocenters. The van der Waals surface area contributed by atoms with Gasteiger partial charge < -0.3 is 14.2 Å². The second-order valence-corrected chi connectivity index (χ2v) is 4.57. The van der Waals surface area contributed by atoms with Crippen LogP contribution in [0.2, 0.25) is 0 Å². The van der Waals surface area contributed by atoms with Crippen molar-refractivity contribution in [2.75, 3.05) is 0 Å². The molecule has 0 aliphatic heterocycles. The van der Waals surface area contributed by atoms with Crippen LogP contribution >= 0.6 is 0 Å². The van der Waals surface area contributed by atoms with Crippen molar-refractivity contribution in [3.8, 4) is 0 Å². The molecular formula is C11H21O3Si. The van der Waals surface area contributed by atoms with Gasteiger partial charge in [0.15, 0.2) is 0 Å². The average molecular weight is 229 g/mol. The lowest BCUT2D eigenvalue weighted by Gasteiger charge is -2.20. The Morgan fingerprint density at radius 3 is 1.33 bits per heavy atom. The van der Waals surface area contributed by atoms with Crippen molar-refractivity contribution in [3.63, 3.8) is 0 Å². The maximum atomic E-state index is 5.51. The fourth-order valence-corrected chi connectivity index (χ4v) is 1.20. The minimum Gasteiger partial charge on any atom is -0.494 e. The van der Waals surface area contributed by atoms with E-state index in [-0.39, 0.29) is 18.3 Å². The lowest BCUT2D eigenvalue weighted by Crippen LogP contribution is -2.15. The Morgan fingerprint density at radius 2 is 1.07 bits per heavy atom. The van der Waals surface area contributed by atoms with Crippen LogP contribution in [0.15, 0.2) is 11.3 Å². The Hall–Kier alpha value is -0.643. The van der Waals surface area contributed by atoms with Crippen LogP contribution in [-0.4, -0.2) is 28.6 Å². The molecule has 0 fully saturated rings. The summed E-state index contributed by atoms with van der Waals surface area (Å²) in [5.41, 5.74) is 0. The molecule has 0 aliphatic carbocycles. The first-order valence-corrected chi connectivity index (χ1v) is 5.78. The molecule has 3 radical (unpaired) electrons. The van der Waals surface area contributed by atoms with Gasteiger partial charge in [0, 0.05) is 0 Å². The Bertz CT molecular complexity index is 198. The van der Waals surface area contributed by atoms with E-state index < -0.39 is 0 Å². The molecule has 0 heterocycles. The van der Waals surface area contributed by atoms with Gasteiger partial charge in [-0.15, -0.1) is 0 Å². The highest BCUT2D eigenvalue weighted by atomic mass is 28.1. The normalized spacial score (nSPS) is 10.8. The lowest BCUT2D eigenvalue weighted by atomic mass is 10.5. The smallest absolute Gasteiger partial charge is 0.313 e. The Labute approximate surface area is 96.2 Å². The number of hydrogen-bond acceptors (Lipinski definition) is 3. The predicted octanol–water partition coefficient (Wildman–Crippen LogP) is 2.56. The molecule has 4 heteroatoms.